The number of rotatable bonds is 3. The molecule has 0 aliphatic rings. The lowest BCUT2D eigenvalue weighted by molar-refractivity contribution is 0.0993. The molecule has 0 radical (unpaired) electrons. The van der Waals surface area contributed by atoms with Crippen LogP contribution in [0.15, 0.2) is 22.1 Å². The van der Waals surface area contributed by atoms with Gasteiger partial charge in [0.15, 0.2) is 5.78 Å². The van der Waals surface area contributed by atoms with Crippen molar-refractivity contribution in [1.82, 2.24) is 9.78 Å². The van der Waals surface area contributed by atoms with E-state index < -0.39 is 0 Å². The molecule has 0 aromatic carbocycles. The van der Waals surface area contributed by atoms with Gasteiger partial charge in [-0.2, -0.15) is 5.10 Å². The van der Waals surface area contributed by atoms with Crippen molar-refractivity contribution in [3.8, 4) is 0 Å². The Balaban J connectivity index is 2.18. The third kappa shape index (κ3) is 2.25. The van der Waals surface area contributed by atoms with E-state index in [1.165, 1.54) is 0 Å². The van der Waals surface area contributed by atoms with Gasteiger partial charge in [-0.25, -0.2) is 0 Å². The number of carbonyl (C=O) groups is 1. The van der Waals surface area contributed by atoms with Crippen LogP contribution in [-0.4, -0.2) is 15.6 Å². The normalized spacial score (nSPS) is 10.7. The molecule has 0 spiro atoms. The van der Waals surface area contributed by atoms with Gasteiger partial charge in [0, 0.05) is 33.9 Å². The van der Waals surface area contributed by atoms with Gasteiger partial charge in [0.25, 0.3) is 0 Å². The van der Waals surface area contributed by atoms with Crippen LogP contribution in [0.25, 0.3) is 0 Å². The molecule has 2 rings (SSSR count). The van der Waals surface area contributed by atoms with E-state index in [2.05, 4.69) is 21.0 Å². The first-order valence-electron chi connectivity index (χ1n) is 4.82. The summed E-state index contributed by atoms with van der Waals surface area (Å²) >= 11 is 4.97. The molecular weight excluding hydrogens is 288 g/mol. The molecule has 0 aliphatic carbocycles. The zero-order chi connectivity index (χ0) is 11.7. The van der Waals surface area contributed by atoms with Crippen molar-refractivity contribution < 1.29 is 4.79 Å². The zero-order valence-corrected chi connectivity index (χ0v) is 11.4. The third-order valence-corrected chi connectivity index (χ3v) is 4.19. The fourth-order valence-corrected chi connectivity index (χ4v) is 2.92. The number of aryl methyl sites for hydroxylation is 1. The molecule has 0 bridgehead atoms. The summed E-state index contributed by atoms with van der Waals surface area (Å²) in [4.78, 5) is 13.1. The van der Waals surface area contributed by atoms with Crippen molar-refractivity contribution >= 4 is 33.0 Å². The number of halogens is 1. The highest BCUT2D eigenvalue weighted by Gasteiger charge is 2.14. The van der Waals surface area contributed by atoms with Crippen LogP contribution >= 0.6 is 27.3 Å². The van der Waals surface area contributed by atoms with Gasteiger partial charge in [-0.05, 0) is 28.9 Å². The van der Waals surface area contributed by atoms with Gasteiger partial charge in [0.05, 0.1) is 11.8 Å². The molecule has 84 valence electrons. The first-order chi connectivity index (χ1) is 7.58. The average Bonchev–Trinajstić information content (AvgIpc) is 2.76. The molecule has 0 atom stereocenters. The molecule has 3 nitrogen and oxygen atoms in total. The van der Waals surface area contributed by atoms with Crippen LogP contribution in [0.1, 0.15) is 20.9 Å². The molecule has 2 heterocycles. The standard InChI is InChI=1S/C11H11BrN2OS/c1-7-10(5-13-14(7)2)11(15)4-9-3-8(12)6-16-9/h3,5-6H,4H2,1-2H3. The molecule has 2 aromatic heterocycles. The van der Waals surface area contributed by atoms with E-state index in [1.54, 1.807) is 22.2 Å². The van der Waals surface area contributed by atoms with Gasteiger partial charge in [-0.1, -0.05) is 0 Å². The molecule has 0 aliphatic heterocycles. The summed E-state index contributed by atoms with van der Waals surface area (Å²) in [7, 11) is 1.84. The van der Waals surface area contributed by atoms with E-state index in [1.807, 2.05) is 25.4 Å². The Morgan fingerprint density at radius 2 is 2.38 bits per heavy atom. The summed E-state index contributed by atoms with van der Waals surface area (Å²) in [5.74, 6) is 0.125. The zero-order valence-electron chi connectivity index (χ0n) is 9.03. The maximum Gasteiger partial charge on any atom is 0.171 e. The minimum atomic E-state index is 0.125. The van der Waals surface area contributed by atoms with Crippen molar-refractivity contribution in [2.45, 2.75) is 13.3 Å². The summed E-state index contributed by atoms with van der Waals surface area (Å²) in [6, 6.07) is 1.98. The highest BCUT2D eigenvalue weighted by molar-refractivity contribution is 9.10. The monoisotopic (exact) mass is 298 g/mol. The van der Waals surface area contributed by atoms with Crippen LogP contribution in [0, 0.1) is 6.92 Å². The van der Waals surface area contributed by atoms with Crippen LogP contribution in [0.3, 0.4) is 0 Å². The second-order valence-corrected chi connectivity index (χ2v) is 5.51. The van der Waals surface area contributed by atoms with Crippen molar-refractivity contribution in [2.75, 3.05) is 0 Å². The average molecular weight is 299 g/mol. The van der Waals surface area contributed by atoms with Crippen LogP contribution in [0.4, 0.5) is 0 Å². The number of hydrogen-bond acceptors (Lipinski definition) is 3. The van der Waals surface area contributed by atoms with E-state index in [0.29, 0.717) is 12.0 Å². The fraction of sp³-hybridized carbons (Fsp3) is 0.273. The molecule has 0 N–H and O–H groups in total. The third-order valence-electron chi connectivity index (χ3n) is 2.49. The van der Waals surface area contributed by atoms with Crippen molar-refractivity contribution in [1.29, 1.82) is 0 Å². The van der Waals surface area contributed by atoms with E-state index in [-0.39, 0.29) is 5.78 Å². The fourth-order valence-electron chi connectivity index (χ4n) is 1.47. The Morgan fingerprint density at radius 3 is 2.88 bits per heavy atom. The molecule has 16 heavy (non-hydrogen) atoms. The number of thiophene rings is 1. The maximum atomic E-state index is 12.0. The van der Waals surface area contributed by atoms with Gasteiger partial charge in [-0.3, -0.25) is 9.48 Å². The predicted octanol–water partition coefficient (Wildman–Crippen LogP) is 2.98. The second kappa shape index (κ2) is 4.51. The van der Waals surface area contributed by atoms with Gasteiger partial charge in [0.1, 0.15) is 0 Å². The predicted molar refractivity (Wildman–Crippen MR) is 68.0 cm³/mol. The van der Waals surface area contributed by atoms with Crippen molar-refractivity contribution in [3.63, 3.8) is 0 Å². The number of Topliss-reactive ketones (excluding diaryl/α,β-unsaturated/α-hetero) is 1. The smallest absolute Gasteiger partial charge is 0.171 e. The van der Waals surface area contributed by atoms with Gasteiger partial charge in [0.2, 0.25) is 0 Å². The van der Waals surface area contributed by atoms with Crippen LogP contribution in [0.2, 0.25) is 0 Å². The minimum absolute atomic E-state index is 0.125. The van der Waals surface area contributed by atoms with Crippen LogP contribution in [0.5, 0.6) is 0 Å². The van der Waals surface area contributed by atoms with Crippen molar-refractivity contribution in [2.24, 2.45) is 7.05 Å². The Hall–Kier alpha value is -0.940. The van der Waals surface area contributed by atoms with Crippen LogP contribution < -0.4 is 0 Å². The highest BCUT2D eigenvalue weighted by Crippen LogP contribution is 2.21. The maximum absolute atomic E-state index is 12.0. The van der Waals surface area contributed by atoms with Crippen LogP contribution in [-0.2, 0) is 13.5 Å². The van der Waals surface area contributed by atoms with E-state index in [0.717, 1.165) is 15.0 Å². The topological polar surface area (TPSA) is 34.9 Å². The first kappa shape index (κ1) is 11.5. The number of carbonyl (C=O) groups excluding carboxylic acids is 1. The second-order valence-electron chi connectivity index (χ2n) is 3.60. The van der Waals surface area contributed by atoms with Gasteiger partial charge in [-0.15, -0.1) is 11.3 Å². The summed E-state index contributed by atoms with van der Waals surface area (Å²) in [6.07, 6.45) is 2.09. The molecule has 0 amide bonds. The molecule has 2 aromatic rings. The number of aromatic nitrogens is 2. The Morgan fingerprint density at radius 1 is 1.62 bits per heavy atom. The lowest BCUT2D eigenvalue weighted by Crippen LogP contribution is -2.04. The summed E-state index contributed by atoms with van der Waals surface area (Å²) in [5, 5.41) is 6.06. The summed E-state index contributed by atoms with van der Waals surface area (Å²) < 4.78 is 2.75. The van der Waals surface area contributed by atoms with E-state index in [4.69, 9.17) is 0 Å². The van der Waals surface area contributed by atoms with Gasteiger partial charge < -0.3 is 0 Å². The highest BCUT2D eigenvalue weighted by atomic mass is 79.9. The summed E-state index contributed by atoms with van der Waals surface area (Å²) in [5.41, 5.74) is 1.63. The number of ketones is 1. The minimum Gasteiger partial charge on any atom is -0.294 e. The molecular formula is C11H11BrN2OS. The lowest BCUT2D eigenvalue weighted by atomic mass is 10.1. The van der Waals surface area contributed by atoms with Gasteiger partial charge >= 0.3 is 0 Å². The lowest BCUT2D eigenvalue weighted by Gasteiger charge is -1.98. The quantitative estimate of drug-likeness (QED) is 0.817. The largest absolute Gasteiger partial charge is 0.294 e. The van der Waals surface area contributed by atoms with Crippen molar-refractivity contribution in [3.05, 3.63) is 38.3 Å². The Kier molecular flexibility index (Phi) is 3.25. The molecule has 0 saturated carbocycles. The van der Waals surface area contributed by atoms with E-state index >= 15 is 0 Å². The summed E-state index contributed by atoms with van der Waals surface area (Å²) in [6.45, 7) is 1.91. The number of hydrogen-bond donors (Lipinski definition) is 0. The molecule has 0 unspecified atom stereocenters. The Bertz CT molecular complexity index is 530. The van der Waals surface area contributed by atoms with E-state index in [9.17, 15) is 4.79 Å². The molecule has 0 fully saturated rings. The molecule has 5 heteroatoms. The Labute approximate surface area is 106 Å². The molecule has 0 saturated heterocycles. The first-order valence-corrected chi connectivity index (χ1v) is 6.50. The SMILES string of the molecule is Cc1c(C(=O)Cc2cc(Br)cs2)cnn1C. The number of nitrogens with zero attached hydrogens (tertiary/aromatic N) is 2.